The van der Waals surface area contributed by atoms with Gasteiger partial charge < -0.3 is 24.9 Å². The molecule has 1 aromatic heterocycles. The number of urea groups is 1. The van der Waals surface area contributed by atoms with Gasteiger partial charge in [-0.1, -0.05) is 17.7 Å². The van der Waals surface area contributed by atoms with E-state index in [0.717, 1.165) is 5.75 Å². The van der Waals surface area contributed by atoms with E-state index in [0.29, 0.717) is 25.3 Å². The Hall–Kier alpha value is -2.47. The molecule has 0 bridgehead atoms. The molecule has 1 unspecified atom stereocenters. The third-order valence-corrected chi connectivity index (χ3v) is 3.22. The Kier molecular flexibility index (Phi) is 6.50. The maximum atomic E-state index is 11.6. The van der Waals surface area contributed by atoms with E-state index < -0.39 is 6.10 Å². The zero-order chi connectivity index (χ0) is 16.5. The zero-order valence-corrected chi connectivity index (χ0v) is 13.1. The van der Waals surface area contributed by atoms with Gasteiger partial charge in [-0.15, -0.1) is 0 Å². The van der Waals surface area contributed by atoms with Crippen LogP contribution in [0.3, 0.4) is 0 Å². The van der Waals surface area contributed by atoms with Crippen LogP contribution in [-0.2, 0) is 0 Å². The van der Waals surface area contributed by atoms with Crippen molar-refractivity contribution in [3.05, 3.63) is 54.0 Å². The van der Waals surface area contributed by atoms with E-state index in [4.69, 9.17) is 9.15 Å². The number of aryl methyl sites for hydroxylation is 1. The average Bonchev–Trinajstić information content (AvgIpc) is 3.08. The van der Waals surface area contributed by atoms with Crippen LogP contribution in [0.1, 0.15) is 23.8 Å². The summed E-state index contributed by atoms with van der Waals surface area (Å²) in [6, 6.07) is 10.8. The van der Waals surface area contributed by atoms with Crippen LogP contribution in [0.5, 0.6) is 5.75 Å². The molecule has 0 radical (unpaired) electrons. The summed E-state index contributed by atoms with van der Waals surface area (Å²) in [6.45, 7) is 3.14. The smallest absolute Gasteiger partial charge is 0.314 e. The van der Waals surface area contributed by atoms with E-state index >= 15 is 0 Å². The highest BCUT2D eigenvalue weighted by atomic mass is 16.5. The number of furan rings is 1. The fourth-order valence-electron chi connectivity index (χ4n) is 1.93. The molecular weight excluding hydrogens is 296 g/mol. The average molecular weight is 318 g/mol. The highest BCUT2D eigenvalue weighted by Crippen LogP contribution is 2.12. The van der Waals surface area contributed by atoms with Gasteiger partial charge in [0.2, 0.25) is 0 Å². The van der Waals surface area contributed by atoms with Gasteiger partial charge in [0.25, 0.3) is 0 Å². The largest absolute Gasteiger partial charge is 0.494 e. The fraction of sp³-hybridized carbons (Fsp3) is 0.353. The molecule has 0 aliphatic rings. The van der Waals surface area contributed by atoms with Crippen molar-refractivity contribution in [2.45, 2.75) is 19.4 Å². The van der Waals surface area contributed by atoms with E-state index in [1.54, 1.807) is 12.1 Å². The van der Waals surface area contributed by atoms with E-state index in [9.17, 15) is 9.90 Å². The number of carbonyl (C=O) groups excluding carboxylic acids is 1. The Bertz CT molecular complexity index is 581. The van der Waals surface area contributed by atoms with Crippen molar-refractivity contribution in [2.75, 3.05) is 19.7 Å². The molecule has 0 aliphatic heterocycles. The number of rotatable bonds is 8. The number of hydrogen-bond donors (Lipinski definition) is 3. The molecule has 6 nitrogen and oxygen atoms in total. The van der Waals surface area contributed by atoms with Crippen LogP contribution in [0.2, 0.25) is 0 Å². The molecule has 0 fully saturated rings. The molecule has 0 saturated carbocycles. The number of aliphatic hydroxyl groups excluding tert-OH is 1. The normalized spacial score (nSPS) is 11.7. The maximum Gasteiger partial charge on any atom is 0.314 e. The zero-order valence-electron chi connectivity index (χ0n) is 13.1. The summed E-state index contributed by atoms with van der Waals surface area (Å²) < 4.78 is 10.6. The first-order chi connectivity index (χ1) is 11.1. The molecule has 0 saturated heterocycles. The quantitative estimate of drug-likeness (QED) is 0.653. The molecule has 6 heteroatoms. The van der Waals surface area contributed by atoms with Crippen molar-refractivity contribution in [1.29, 1.82) is 0 Å². The van der Waals surface area contributed by atoms with Crippen molar-refractivity contribution < 1.29 is 19.1 Å². The molecule has 1 atom stereocenters. The van der Waals surface area contributed by atoms with Gasteiger partial charge in [-0.2, -0.15) is 0 Å². The highest BCUT2D eigenvalue weighted by molar-refractivity contribution is 5.73. The lowest BCUT2D eigenvalue weighted by atomic mass is 10.2. The van der Waals surface area contributed by atoms with Gasteiger partial charge in [0.05, 0.1) is 19.4 Å². The lowest BCUT2D eigenvalue weighted by Crippen LogP contribution is -2.38. The maximum absolute atomic E-state index is 11.6. The van der Waals surface area contributed by atoms with Crippen LogP contribution in [-0.4, -0.2) is 30.8 Å². The van der Waals surface area contributed by atoms with E-state index in [2.05, 4.69) is 10.6 Å². The molecule has 2 amide bonds. The molecule has 0 spiro atoms. The molecule has 23 heavy (non-hydrogen) atoms. The predicted octanol–water partition coefficient (Wildman–Crippen LogP) is 2.39. The number of amides is 2. The van der Waals surface area contributed by atoms with Crippen molar-refractivity contribution in [3.8, 4) is 5.75 Å². The SMILES string of the molecule is Cc1ccc(OCCCNC(=O)NCC(O)c2ccco2)cc1. The van der Waals surface area contributed by atoms with E-state index in [1.807, 2.05) is 31.2 Å². The van der Waals surface area contributed by atoms with Crippen molar-refractivity contribution in [3.63, 3.8) is 0 Å². The van der Waals surface area contributed by atoms with Gasteiger partial charge in [-0.25, -0.2) is 4.79 Å². The second-order valence-corrected chi connectivity index (χ2v) is 5.18. The number of hydrogen-bond acceptors (Lipinski definition) is 4. The van der Waals surface area contributed by atoms with Gasteiger partial charge in [0.15, 0.2) is 0 Å². The number of nitrogens with one attached hydrogen (secondary N) is 2. The number of carbonyl (C=O) groups is 1. The summed E-state index contributed by atoms with van der Waals surface area (Å²) in [5.41, 5.74) is 1.19. The Morgan fingerprint density at radius 1 is 1.26 bits per heavy atom. The molecule has 0 aliphatic carbocycles. The third kappa shape index (κ3) is 6.04. The van der Waals surface area contributed by atoms with Crippen molar-refractivity contribution >= 4 is 6.03 Å². The van der Waals surface area contributed by atoms with E-state index in [-0.39, 0.29) is 12.6 Å². The lowest BCUT2D eigenvalue weighted by molar-refractivity contribution is 0.148. The third-order valence-electron chi connectivity index (χ3n) is 3.22. The Balaban J connectivity index is 1.53. The van der Waals surface area contributed by atoms with Crippen LogP contribution < -0.4 is 15.4 Å². The summed E-state index contributed by atoms with van der Waals surface area (Å²) in [5.74, 6) is 1.25. The summed E-state index contributed by atoms with van der Waals surface area (Å²) in [7, 11) is 0. The second-order valence-electron chi connectivity index (χ2n) is 5.18. The second kappa shape index (κ2) is 8.85. The minimum atomic E-state index is -0.847. The van der Waals surface area contributed by atoms with Crippen LogP contribution in [0.4, 0.5) is 4.79 Å². The van der Waals surface area contributed by atoms with Gasteiger partial charge >= 0.3 is 6.03 Å². The monoisotopic (exact) mass is 318 g/mol. The van der Waals surface area contributed by atoms with Crippen molar-refractivity contribution in [1.82, 2.24) is 10.6 Å². The van der Waals surface area contributed by atoms with Crippen LogP contribution in [0.15, 0.2) is 47.1 Å². The Morgan fingerprint density at radius 3 is 2.74 bits per heavy atom. The lowest BCUT2D eigenvalue weighted by Gasteiger charge is -2.11. The molecule has 2 aromatic rings. The van der Waals surface area contributed by atoms with Gasteiger partial charge in [-0.3, -0.25) is 0 Å². The minimum absolute atomic E-state index is 0.0964. The van der Waals surface area contributed by atoms with Crippen LogP contribution >= 0.6 is 0 Å². The number of ether oxygens (including phenoxy) is 1. The molecule has 1 heterocycles. The van der Waals surface area contributed by atoms with E-state index in [1.165, 1.54) is 11.8 Å². The highest BCUT2D eigenvalue weighted by Gasteiger charge is 2.11. The predicted molar refractivity (Wildman–Crippen MR) is 86.4 cm³/mol. The molecule has 1 aromatic carbocycles. The van der Waals surface area contributed by atoms with Gasteiger partial charge in [-0.05, 0) is 37.6 Å². The summed E-state index contributed by atoms with van der Waals surface area (Å²) in [5, 5.41) is 15.0. The first-order valence-electron chi connectivity index (χ1n) is 7.58. The first kappa shape index (κ1) is 16.9. The standard InChI is InChI=1S/C17H22N2O4/c1-13-5-7-14(8-6-13)22-11-3-9-18-17(21)19-12-15(20)16-4-2-10-23-16/h2,4-8,10,15,20H,3,9,11-12H2,1H3,(H2,18,19,21). The molecular formula is C17H22N2O4. The van der Waals surface area contributed by atoms with Gasteiger partial charge in [0, 0.05) is 6.54 Å². The molecule has 2 rings (SSSR count). The van der Waals surface area contributed by atoms with Crippen LogP contribution in [0, 0.1) is 6.92 Å². The fourth-order valence-corrected chi connectivity index (χ4v) is 1.93. The summed E-state index contributed by atoms with van der Waals surface area (Å²) >= 11 is 0. The van der Waals surface area contributed by atoms with Crippen molar-refractivity contribution in [2.24, 2.45) is 0 Å². The summed E-state index contributed by atoms with van der Waals surface area (Å²) in [4.78, 5) is 11.6. The summed E-state index contributed by atoms with van der Waals surface area (Å²) in [6.07, 6.45) is 1.33. The van der Waals surface area contributed by atoms with Crippen LogP contribution in [0.25, 0.3) is 0 Å². The Labute approximate surface area is 135 Å². The molecule has 3 N–H and O–H groups in total. The topological polar surface area (TPSA) is 83.7 Å². The first-order valence-corrected chi connectivity index (χ1v) is 7.58. The number of aliphatic hydroxyl groups is 1. The Morgan fingerprint density at radius 2 is 2.04 bits per heavy atom. The molecule has 124 valence electrons. The van der Waals surface area contributed by atoms with Gasteiger partial charge in [0.1, 0.15) is 17.6 Å². The number of benzene rings is 1. The minimum Gasteiger partial charge on any atom is -0.494 e.